The zero-order valence-electron chi connectivity index (χ0n) is 14.2. The minimum atomic E-state index is -1.62. The number of hydrogen-bond donors (Lipinski definition) is 1. The molecule has 0 radical (unpaired) electrons. The van der Waals surface area contributed by atoms with Crippen LogP contribution < -0.4 is 5.32 Å². The third-order valence-corrected chi connectivity index (χ3v) is 9.56. The number of unbranched alkanes of at least 4 members (excludes halogenated alkanes) is 1. The van der Waals surface area contributed by atoms with Crippen LogP contribution >= 0.6 is 0 Å². The lowest BCUT2D eigenvalue weighted by Crippen LogP contribution is -2.53. The Morgan fingerprint density at radius 3 is 2.37 bits per heavy atom. The molecule has 0 aromatic carbocycles. The van der Waals surface area contributed by atoms with Gasteiger partial charge in [-0.2, -0.15) is 0 Å². The predicted octanol–water partition coefficient (Wildman–Crippen LogP) is 4.57. The standard InChI is InChI=1S/C16H35NOSi/c1-8-9-10-14-11-13(2)15(12-17-14)18-19(6,7)16(3,4)5/h13-15,17H,8-12H2,1-7H3. The number of rotatable bonds is 5. The molecule has 0 bridgehead atoms. The minimum Gasteiger partial charge on any atom is -0.412 e. The van der Waals surface area contributed by atoms with Crippen LogP contribution in [-0.4, -0.2) is 27.0 Å². The molecule has 1 aliphatic heterocycles. The molecule has 3 atom stereocenters. The fourth-order valence-corrected chi connectivity index (χ4v) is 3.98. The molecule has 0 amide bonds. The van der Waals surface area contributed by atoms with Crippen molar-refractivity contribution in [2.45, 2.75) is 90.6 Å². The van der Waals surface area contributed by atoms with E-state index in [0.29, 0.717) is 23.1 Å². The maximum absolute atomic E-state index is 6.58. The van der Waals surface area contributed by atoms with Crippen LogP contribution in [0.5, 0.6) is 0 Å². The molecule has 3 heteroatoms. The van der Waals surface area contributed by atoms with E-state index in [4.69, 9.17) is 4.43 Å². The quantitative estimate of drug-likeness (QED) is 0.747. The summed E-state index contributed by atoms with van der Waals surface area (Å²) in [6.45, 7) is 17.4. The van der Waals surface area contributed by atoms with Crippen LogP contribution in [0.25, 0.3) is 0 Å². The third kappa shape index (κ3) is 4.87. The van der Waals surface area contributed by atoms with Crippen LogP contribution in [0.1, 0.15) is 60.3 Å². The molecule has 3 unspecified atom stereocenters. The van der Waals surface area contributed by atoms with E-state index in [-0.39, 0.29) is 0 Å². The lowest BCUT2D eigenvalue weighted by atomic mass is 9.89. The summed E-state index contributed by atoms with van der Waals surface area (Å²) in [6, 6.07) is 0.717. The van der Waals surface area contributed by atoms with Crippen LogP contribution in [0, 0.1) is 5.92 Å². The molecule has 0 aromatic heterocycles. The van der Waals surface area contributed by atoms with Gasteiger partial charge in [-0.3, -0.25) is 0 Å². The van der Waals surface area contributed by atoms with Crippen molar-refractivity contribution >= 4 is 8.32 Å². The molecule has 0 aromatic rings. The normalized spacial score (nSPS) is 29.5. The first kappa shape index (κ1) is 17.2. The first-order chi connectivity index (χ1) is 8.67. The molecule has 1 N–H and O–H groups in total. The maximum Gasteiger partial charge on any atom is 0.192 e. The average molecular weight is 286 g/mol. The molecule has 2 nitrogen and oxygen atoms in total. The highest BCUT2D eigenvalue weighted by Gasteiger charge is 2.41. The van der Waals surface area contributed by atoms with E-state index in [9.17, 15) is 0 Å². The first-order valence-electron chi connectivity index (χ1n) is 8.08. The summed E-state index contributed by atoms with van der Waals surface area (Å²) in [4.78, 5) is 0. The molecule has 1 fully saturated rings. The molecule has 1 saturated heterocycles. The third-order valence-electron chi connectivity index (χ3n) is 5.06. The summed E-state index contributed by atoms with van der Waals surface area (Å²) in [5.74, 6) is 0.692. The van der Waals surface area contributed by atoms with Gasteiger partial charge in [-0.15, -0.1) is 0 Å². The van der Waals surface area contributed by atoms with Crippen molar-refractivity contribution in [2.75, 3.05) is 6.54 Å². The van der Waals surface area contributed by atoms with Crippen LogP contribution in [-0.2, 0) is 4.43 Å². The zero-order valence-corrected chi connectivity index (χ0v) is 15.2. The van der Waals surface area contributed by atoms with Gasteiger partial charge in [-0.05, 0) is 36.9 Å². The summed E-state index contributed by atoms with van der Waals surface area (Å²) < 4.78 is 6.58. The van der Waals surface area contributed by atoms with E-state index < -0.39 is 8.32 Å². The minimum absolute atomic E-state index is 0.311. The Kier molecular flexibility index (Phi) is 6.09. The van der Waals surface area contributed by atoms with Crippen molar-refractivity contribution in [1.29, 1.82) is 0 Å². The second-order valence-corrected chi connectivity index (χ2v) is 12.6. The van der Waals surface area contributed by atoms with Gasteiger partial charge in [0.25, 0.3) is 0 Å². The van der Waals surface area contributed by atoms with Gasteiger partial charge in [0.15, 0.2) is 8.32 Å². The molecule has 19 heavy (non-hydrogen) atoms. The van der Waals surface area contributed by atoms with Crippen molar-refractivity contribution in [3.05, 3.63) is 0 Å². The average Bonchev–Trinajstić information content (AvgIpc) is 2.28. The second kappa shape index (κ2) is 6.73. The largest absolute Gasteiger partial charge is 0.412 e. The molecule has 1 rings (SSSR count). The molecule has 0 aliphatic carbocycles. The van der Waals surface area contributed by atoms with Crippen molar-refractivity contribution < 1.29 is 4.43 Å². The van der Waals surface area contributed by atoms with Gasteiger partial charge in [-0.1, -0.05) is 47.5 Å². The van der Waals surface area contributed by atoms with Crippen molar-refractivity contribution in [1.82, 2.24) is 5.32 Å². The Morgan fingerprint density at radius 2 is 1.89 bits per heavy atom. The number of hydrogen-bond acceptors (Lipinski definition) is 2. The molecule has 1 heterocycles. The van der Waals surface area contributed by atoms with E-state index in [0.717, 1.165) is 6.54 Å². The van der Waals surface area contributed by atoms with E-state index in [1.165, 1.54) is 25.7 Å². The summed E-state index contributed by atoms with van der Waals surface area (Å²) in [7, 11) is -1.62. The topological polar surface area (TPSA) is 21.3 Å². The molecule has 0 saturated carbocycles. The fourth-order valence-electron chi connectivity index (χ4n) is 2.55. The van der Waals surface area contributed by atoms with Crippen LogP contribution in [0.3, 0.4) is 0 Å². The Labute approximate surface area is 121 Å². The molecule has 0 spiro atoms. The van der Waals surface area contributed by atoms with Gasteiger partial charge in [0.2, 0.25) is 0 Å². The zero-order chi connectivity index (χ0) is 14.7. The molecular formula is C16H35NOSi. The molecule has 1 aliphatic rings. The smallest absolute Gasteiger partial charge is 0.192 e. The first-order valence-corrected chi connectivity index (χ1v) is 11.0. The highest BCUT2D eigenvalue weighted by molar-refractivity contribution is 6.74. The lowest BCUT2D eigenvalue weighted by Gasteiger charge is -2.44. The van der Waals surface area contributed by atoms with Crippen LogP contribution in [0.4, 0.5) is 0 Å². The van der Waals surface area contributed by atoms with Gasteiger partial charge in [0, 0.05) is 12.6 Å². The highest BCUT2D eigenvalue weighted by Crippen LogP contribution is 2.38. The Balaban J connectivity index is 2.50. The van der Waals surface area contributed by atoms with E-state index in [1.807, 2.05) is 0 Å². The number of piperidine rings is 1. The van der Waals surface area contributed by atoms with Gasteiger partial charge in [-0.25, -0.2) is 0 Å². The lowest BCUT2D eigenvalue weighted by molar-refractivity contribution is 0.0814. The van der Waals surface area contributed by atoms with Gasteiger partial charge in [0.1, 0.15) is 0 Å². The second-order valence-electron chi connectivity index (χ2n) is 7.88. The van der Waals surface area contributed by atoms with E-state index >= 15 is 0 Å². The van der Waals surface area contributed by atoms with E-state index in [1.54, 1.807) is 0 Å². The Morgan fingerprint density at radius 1 is 1.26 bits per heavy atom. The highest BCUT2D eigenvalue weighted by atomic mass is 28.4. The summed E-state index contributed by atoms with van der Waals surface area (Å²) in [5, 5.41) is 4.02. The van der Waals surface area contributed by atoms with Gasteiger partial charge >= 0.3 is 0 Å². The van der Waals surface area contributed by atoms with Gasteiger partial charge < -0.3 is 9.74 Å². The van der Waals surface area contributed by atoms with Crippen LogP contribution in [0.2, 0.25) is 18.1 Å². The summed E-state index contributed by atoms with van der Waals surface area (Å²) >= 11 is 0. The molecule has 114 valence electrons. The predicted molar refractivity (Wildman–Crippen MR) is 87.2 cm³/mol. The van der Waals surface area contributed by atoms with Gasteiger partial charge in [0.05, 0.1) is 6.10 Å². The van der Waals surface area contributed by atoms with Crippen LogP contribution in [0.15, 0.2) is 0 Å². The van der Waals surface area contributed by atoms with Crippen molar-refractivity contribution in [3.63, 3.8) is 0 Å². The van der Waals surface area contributed by atoms with Crippen molar-refractivity contribution in [3.8, 4) is 0 Å². The summed E-state index contributed by atoms with van der Waals surface area (Å²) in [5.41, 5.74) is 0. The SMILES string of the molecule is CCCCC1CC(C)C(O[Si](C)(C)C(C)(C)C)CN1. The summed E-state index contributed by atoms with van der Waals surface area (Å²) in [6.07, 6.45) is 5.67. The fraction of sp³-hybridized carbons (Fsp3) is 1.00. The monoisotopic (exact) mass is 285 g/mol. The van der Waals surface area contributed by atoms with Crippen molar-refractivity contribution in [2.24, 2.45) is 5.92 Å². The Bertz CT molecular complexity index is 272. The maximum atomic E-state index is 6.58. The Hall–Kier alpha value is 0.137. The number of nitrogens with one attached hydrogen (secondary N) is 1. The van der Waals surface area contributed by atoms with E-state index in [2.05, 4.69) is 53.0 Å². The molecular weight excluding hydrogens is 250 g/mol.